The van der Waals surface area contributed by atoms with Crippen LogP contribution in [0.4, 0.5) is 0 Å². The zero-order valence-electron chi connectivity index (χ0n) is 6.90. The molecule has 6 heteroatoms. The van der Waals surface area contributed by atoms with Gasteiger partial charge in [-0.15, -0.1) is 12.4 Å². The molecule has 0 aromatic rings. The van der Waals surface area contributed by atoms with Gasteiger partial charge < -0.3 is 13.3 Å². The van der Waals surface area contributed by atoms with Gasteiger partial charge in [0.25, 0.3) is 0 Å². The molecule has 3 saturated heterocycles. The highest BCUT2D eigenvalue weighted by Gasteiger charge is 2.22. The molecule has 0 spiro atoms. The lowest BCUT2D eigenvalue weighted by Gasteiger charge is -2.31. The maximum atomic E-state index is 5.41. The molecule has 2 bridgehead atoms. The van der Waals surface area contributed by atoms with E-state index in [2.05, 4.69) is 4.90 Å². The van der Waals surface area contributed by atoms with Crippen molar-refractivity contribution in [2.45, 2.75) is 0 Å². The van der Waals surface area contributed by atoms with E-state index in [0.29, 0.717) is 0 Å². The predicted molar refractivity (Wildman–Crippen MR) is 48.7 cm³/mol. The number of hydrogen-bond acceptors (Lipinski definition) is 4. The van der Waals surface area contributed by atoms with Gasteiger partial charge in [-0.25, -0.2) is 0 Å². The van der Waals surface area contributed by atoms with Gasteiger partial charge in [-0.3, -0.25) is 4.90 Å². The predicted octanol–water partition coefficient (Wildman–Crippen LogP) is -0.496. The molecule has 12 heavy (non-hydrogen) atoms. The van der Waals surface area contributed by atoms with E-state index in [0.717, 1.165) is 39.5 Å². The fourth-order valence-corrected chi connectivity index (χ4v) is 2.50. The minimum absolute atomic E-state index is 0. The van der Waals surface area contributed by atoms with E-state index in [4.69, 9.17) is 13.3 Å². The van der Waals surface area contributed by atoms with Crippen LogP contribution < -0.4 is 0 Å². The Morgan fingerprint density at radius 2 is 1.25 bits per heavy atom. The first-order valence-electron chi connectivity index (χ1n) is 4.02. The lowest BCUT2D eigenvalue weighted by atomic mass is 10.4. The summed E-state index contributed by atoms with van der Waals surface area (Å²) in [7, 11) is -1.69. The molecule has 0 aromatic heterocycles. The van der Waals surface area contributed by atoms with Crippen LogP contribution in [-0.4, -0.2) is 53.9 Å². The number of fused-ring (bicyclic) bond motifs is 6. The fraction of sp³-hybridized carbons (Fsp3) is 1.00. The Bertz CT molecular complexity index is 104. The summed E-state index contributed by atoms with van der Waals surface area (Å²) in [6, 6.07) is 0. The van der Waals surface area contributed by atoms with Crippen LogP contribution in [0.25, 0.3) is 0 Å². The first-order chi connectivity index (χ1) is 5.45. The summed E-state index contributed by atoms with van der Waals surface area (Å²) < 4.78 is 16.2. The molecule has 0 aromatic carbocycles. The first kappa shape index (κ1) is 10.4. The summed E-state index contributed by atoms with van der Waals surface area (Å²) in [6.45, 7) is 5.44. The molecule has 0 amide bonds. The van der Waals surface area contributed by atoms with Crippen molar-refractivity contribution < 1.29 is 13.3 Å². The van der Waals surface area contributed by atoms with Gasteiger partial charge in [-0.05, 0) is 0 Å². The van der Waals surface area contributed by atoms with Crippen molar-refractivity contribution in [1.29, 1.82) is 0 Å². The topological polar surface area (TPSA) is 30.9 Å². The van der Waals surface area contributed by atoms with Gasteiger partial charge >= 0.3 is 9.53 Å². The van der Waals surface area contributed by atoms with E-state index in [1.165, 1.54) is 0 Å². The van der Waals surface area contributed by atoms with Gasteiger partial charge in [0.15, 0.2) is 0 Å². The third-order valence-corrected chi connectivity index (χ3v) is 3.51. The van der Waals surface area contributed by atoms with Crippen molar-refractivity contribution in [1.82, 2.24) is 4.90 Å². The zero-order valence-corrected chi connectivity index (χ0v) is 8.87. The number of rotatable bonds is 0. The maximum absolute atomic E-state index is 5.41. The molecular weight excluding hydrogens is 198 g/mol. The van der Waals surface area contributed by atoms with E-state index in [1.54, 1.807) is 0 Å². The van der Waals surface area contributed by atoms with Crippen LogP contribution in [0.2, 0.25) is 0 Å². The van der Waals surface area contributed by atoms with Crippen molar-refractivity contribution in [2.24, 2.45) is 0 Å². The standard InChI is InChI=1S/C6H13NO3Si.ClH/c1-4-8-11-9-5-2-7(1)3-6-10-11;/h11H,1-6H2;1H. The molecule has 3 aliphatic rings. The second-order valence-corrected chi connectivity index (χ2v) is 4.32. The Kier molecular flexibility index (Phi) is 4.48. The molecular formula is C6H14ClNO3Si. The third-order valence-electron chi connectivity index (χ3n) is 1.98. The Morgan fingerprint density at radius 3 is 1.67 bits per heavy atom. The lowest BCUT2D eigenvalue weighted by Crippen LogP contribution is -2.45. The second kappa shape index (κ2) is 5.16. The highest BCUT2D eigenvalue weighted by molar-refractivity contribution is 6.36. The summed E-state index contributed by atoms with van der Waals surface area (Å²) in [5.74, 6) is 0. The Morgan fingerprint density at radius 1 is 0.833 bits per heavy atom. The van der Waals surface area contributed by atoms with Crippen LogP contribution in [0.5, 0.6) is 0 Å². The van der Waals surface area contributed by atoms with Crippen molar-refractivity contribution >= 4 is 21.9 Å². The molecule has 0 saturated carbocycles. The van der Waals surface area contributed by atoms with Gasteiger partial charge in [0.2, 0.25) is 0 Å². The smallest absolute Gasteiger partial charge is 0.374 e. The monoisotopic (exact) mass is 211 g/mol. The molecule has 3 fully saturated rings. The molecule has 72 valence electrons. The number of hydrogen-bond donors (Lipinski definition) is 0. The first-order valence-corrected chi connectivity index (χ1v) is 5.44. The normalized spacial score (nSPS) is 36.0. The zero-order chi connectivity index (χ0) is 7.52. The van der Waals surface area contributed by atoms with Gasteiger partial charge in [0.05, 0.1) is 19.8 Å². The summed E-state index contributed by atoms with van der Waals surface area (Å²) in [6.07, 6.45) is 0. The molecule has 3 heterocycles. The van der Waals surface area contributed by atoms with Crippen molar-refractivity contribution in [3.63, 3.8) is 0 Å². The van der Waals surface area contributed by atoms with Gasteiger partial charge in [-0.1, -0.05) is 0 Å². The summed E-state index contributed by atoms with van der Waals surface area (Å²) in [4.78, 5) is 2.31. The Balaban J connectivity index is 0.000000720. The van der Waals surface area contributed by atoms with Crippen molar-refractivity contribution in [2.75, 3.05) is 39.5 Å². The highest BCUT2D eigenvalue weighted by atomic mass is 35.5. The fourth-order valence-electron chi connectivity index (χ4n) is 1.31. The average molecular weight is 212 g/mol. The molecule has 4 nitrogen and oxygen atoms in total. The molecule has 3 aliphatic heterocycles. The Labute approximate surface area is 80.2 Å². The largest absolute Gasteiger partial charge is 0.484 e. The van der Waals surface area contributed by atoms with Crippen LogP contribution in [0.15, 0.2) is 0 Å². The minimum atomic E-state index is -1.69. The van der Waals surface area contributed by atoms with E-state index >= 15 is 0 Å². The van der Waals surface area contributed by atoms with Crippen molar-refractivity contribution in [3.05, 3.63) is 0 Å². The maximum Gasteiger partial charge on any atom is 0.484 e. The molecule has 0 aliphatic carbocycles. The van der Waals surface area contributed by atoms with E-state index in [1.807, 2.05) is 0 Å². The van der Waals surface area contributed by atoms with Crippen LogP contribution in [-0.2, 0) is 13.3 Å². The summed E-state index contributed by atoms with van der Waals surface area (Å²) >= 11 is 0. The summed E-state index contributed by atoms with van der Waals surface area (Å²) in [5, 5.41) is 0. The Hall–Kier alpha value is 0.347. The quantitative estimate of drug-likeness (QED) is 0.506. The number of nitrogens with zero attached hydrogens (tertiary/aromatic N) is 1. The SMILES string of the molecule is C1CN2CCO[SiH](O1)OCC2.Cl. The van der Waals surface area contributed by atoms with Crippen LogP contribution >= 0.6 is 12.4 Å². The van der Waals surface area contributed by atoms with E-state index < -0.39 is 9.53 Å². The molecule has 0 radical (unpaired) electrons. The average Bonchev–Trinajstić information content (AvgIpc) is 1.80. The lowest BCUT2D eigenvalue weighted by molar-refractivity contribution is 0.0157. The third kappa shape index (κ3) is 2.69. The molecule has 3 rings (SSSR count). The van der Waals surface area contributed by atoms with Gasteiger partial charge in [-0.2, -0.15) is 0 Å². The molecule has 0 unspecified atom stereocenters. The van der Waals surface area contributed by atoms with Crippen LogP contribution in [0, 0.1) is 0 Å². The highest BCUT2D eigenvalue weighted by Crippen LogP contribution is 2.03. The summed E-state index contributed by atoms with van der Waals surface area (Å²) in [5.41, 5.74) is 0. The van der Waals surface area contributed by atoms with Crippen molar-refractivity contribution in [3.8, 4) is 0 Å². The van der Waals surface area contributed by atoms with Gasteiger partial charge in [0.1, 0.15) is 0 Å². The molecule has 0 atom stereocenters. The number of halogens is 1. The van der Waals surface area contributed by atoms with Gasteiger partial charge in [0, 0.05) is 19.6 Å². The van der Waals surface area contributed by atoms with Crippen LogP contribution in [0.1, 0.15) is 0 Å². The second-order valence-electron chi connectivity index (χ2n) is 2.74. The molecule has 0 N–H and O–H groups in total. The van der Waals surface area contributed by atoms with E-state index in [9.17, 15) is 0 Å². The minimum Gasteiger partial charge on any atom is -0.374 e. The van der Waals surface area contributed by atoms with Crippen LogP contribution in [0.3, 0.4) is 0 Å². The van der Waals surface area contributed by atoms with E-state index in [-0.39, 0.29) is 12.4 Å².